The Balaban J connectivity index is 1.66. The van der Waals surface area contributed by atoms with Gasteiger partial charge in [-0.05, 0) is 37.0 Å². The van der Waals surface area contributed by atoms with Crippen molar-refractivity contribution in [3.05, 3.63) is 41.5 Å². The van der Waals surface area contributed by atoms with Crippen LogP contribution in [0.15, 0.2) is 28.8 Å². The molecule has 0 aliphatic carbocycles. The van der Waals surface area contributed by atoms with Gasteiger partial charge in [-0.3, -0.25) is 4.90 Å². The van der Waals surface area contributed by atoms with Crippen molar-refractivity contribution in [2.45, 2.75) is 58.2 Å². The third kappa shape index (κ3) is 5.54. The van der Waals surface area contributed by atoms with Crippen molar-refractivity contribution >= 4 is 0 Å². The van der Waals surface area contributed by atoms with Crippen molar-refractivity contribution in [3.63, 3.8) is 0 Å². The number of benzene rings is 1. The van der Waals surface area contributed by atoms with Crippen LogP contribution < -0.4 is 4.74 Å². The summed E-state index contributed by atoms with van der Waals surface area (Å²) in [5.41, 5.74) is 1.20. The van der Waals surface area contributed by atoms with Gasteiger partial charge in [-0.25, -0.2) is 0 Å². The van der Waals surface area contributed by atoms with Gasteiger partial charge in [0, 0.05) is 26.1 Å². The molecule has 0 bridgehead atoms. The van der Waals surface area contributed by atoms with Crippen molar-refractivity contribution in [2.24, 2.45) is 0 Å². The summed E-state index contributed by atoms with van der Waals surface area (Å²) in [6.07, 6.45) is 5.62. The van der Waals surface area contributed by atoms with Crippen molar-refractivity contribution in [1.82, 2.24) is 15.0 Å². The van der Waals surface area contributed by atoms with Crippen LogP contribution in [0.2, 0.25) is 0 Å². The van der Waals surface area contributed by atoms with E-state index in [1.54, 1.807) is 7.11 Å². The number of ether oxygens (including phenoxy) is 2. The van der Waals surface area contributed by atoms with E-state index in [1.807, 2.05) is 12.1 Å². The molecule has 0 radical (unpaired) electrons. The zero-order valence-electron chi connectivity index (χ0n) is 15.8. The average Bonchev–Trinajstić information content (AvgIpc) is 3.32. The largest absolute Gasteiger partial charge is 0.497 e. The minimum atomic E-state index is 0.281. The molecule has 26 heavy (non-hydrogen) atoms. The van der Waals surface area contributed by atoms with Gasteiger partial charge in [0.2, 0.25) is 5.89 Å². The summed E-state index contributed by atoms with van der Waals surface area (Å²) in [5.74, 6) is 2.36. The maximum Gasteiger partial charge on any atom is 0.240 e. The van der Waals surface area contributed by atoms with Gasteiger partial charge in [-0.15, -0.1) is 0 Å². The molecule has 1 atom stereocenters. The summed E-state index contributed by atoms with van der Waals surface area (Å²) in [5, 5.41) is 4.11. The van der Waals surface area contributed by atoms with E-state index in [2.05, 4.69) is 34.1 Å². The van der Waals surface area contributed by atoms with Crippen LogP contribution in [-0.4, -0.2) is 41.4 Å². The molecule has 1 aliphatic rings. The second-order valence-corrected chi connectivity index (χ2v) is 6.86. The van der Waals surface area contributed by atoms with E-state index in [0.29, 0.717) is 12.4 Å². The van der Waals surface area contributed by atoms with Crippen LogP contribution in [0.5, 0.6) is 5.75 Å². The molecule has 1 saturated heterocycles. The minimum Gasteiger partial charge on any atom is -0.497 e. The maximum absolute atomic E-state index is 5.83. The molecule has 1 aromatic heterocycles. The number of methoxy groups -OCH3 is 1. The summed E-state index contributed by atoms with van der Waals surface area (Å²) >= 11 is 0. The number of nitrogens with zero attached hydrogens (tertiary/aromatic N) is 3. The van der Waals surface area contributed by atoms with Crippen LogP contribution in [0.1, 0.15) is 49.9 Å². The molecule has 0 amide bonds. The van der Waals surface area contributed by atoms with Crippen LogP contribution in [-0.2, 0) is 24.2 Å². The highest BCUT2D eigenvalue weighted by Crippen LogP contribution is 2.19. The van der Waals surface area contributed by atoms with E-state index in [1.165, 1.54) is 5.56 Å². The predicted octanol–water partition coefficient (Wildman–Crippen LogP) is 3.60. The SMILES string of the molecule is CCCCc1noc(CN(Cc2cccc(OC)c2)CC2CCCO2)n1. The van der Waals surface area contributed by atoms with E-state index in [0.717, 1.165) is 63.4 Å². The summed E-state index contributed by atoms with van der Waals surface area (Å²) < 4.78 is 16.6. The highest BCUT2D eigenvalue weighted by molar-refractivity contribution is 5.28. The number of aryl methyl sites for hydroxylation is 1. The Morgan fingerprint density at radius 2 is 2.23 bits per heavy atom. The third-order valence-corrected chi connectivity index (χ3v) is 4.65. The second-order valence-electron chi connectivity index (χ2n) is 6.86. The molecule has 0 N–H and O–H groups in total. The molecule has 1 aromatic carbocycles. The zero-order chi connectivity index (χ0) is 18.2. The minimum absolute atomic E-state index is 0.281. The Morgan fingerprint density at radius 3 is 3.00 bits per heavy atom. The Bertz CT molecular complexity index is 668. The monoisotopic (exact) mass is 359 g/mol. The van der Waals surface area contributed by atoms with Crippen molar-refractivity contribution in [2.75, 3.05) is 20.3 Å². The van der Waals surface area contributed by atoms with Gasteiger partial charge >= 0.3 is 0 Å². The lowest BCUT2D eigenvalue weighted by atomic mass is 10.1. The zero-order valence-corrected chi connectivity index (χ0v) is 15.8. The van der Waals surface area contributed by atoms with Gasteiger partial charge in [-0.1, -0.05) is 30.6 Å². The predicted molar refractivity (Wildman–Crippen MR) is 99.0 cm³/mol. The quantitative estimate of drug-likeness (QED) is 0.646. The van der Waals surface area contributed by atoms with Gasteiger partial charge in [-0.2, -0.15) is 4.98 Å². The normalized spacial score (nSPS) is 17.1. The van der Waals surface area contributed by atoms with Crippen molar-refractivity contribution in [1.29, 1.82) is 0 Å². The summed E-state index contributed by atoms with van der Waals surface area (Å²) in [6.45, 7) is 5.32. The van der Waals surface area contributed by atoms with E-state index >= 15 is 0 Å². The van der Waals surface area contributed by atoms with Gasteiger partial charge in [0.1, 0.15) is 5.75 Å². The number of aromatic nitrogens is 2. The topological polar surface area (TPSA) is 60.6 Å². The Kier molecular flexibility index (Phi) is 7.03. The lowest BCUT2D eigenvalue weighted by Gasteiger charge is -2.24. The van der Waals surface area contributed by atoms with Gasteiger partial charge in [0.05, 0.1) is 19.8 Å². The smallest absolute Gasteiger partial charge is 0.240 e. The Hall–Kier alpha value is -1.92. The van der Waals surface area contributed by atoms with Gasteiger partial charge in [0.15, 0.2) is 5.82 Å². The first-order valence-electron chi connectivity index (χ1n) is 9.55. The fraction of sp³-hybridized carbons (Fsp3) is 0.600. The van der Waals surface area contributed by atoms with Crippen molar-refractivity contribution < 1.29 is 14.0 Å². The highest BCUT2D eigenvalue weighted by atomic mass is 16.5. The molecule has 0 spiro atoms. The molecule has 142 valence electrons. The Morgan fingerprint density at radius 1 is 1.31 bits per heavy atom. The first-order chi connectivity index (χ1) is 12.8. The third-order valence-electron chi connectivity index (χ3n) is 4.65. The van der Waals surface area contributed by atoms with Gasteiger partial charge in [0.25, 0.3) is 0 Å². The first-order valence-corrected chi connectivity index (χ1v) is 9.55. The van der Waals surface area contributed by atoms with Crippen LogP contribution in [0.4, 0.5) is 0 Å². The van der Waals surface area contributed by atoms with E-state index in [9.17, 15) is 0 Å². The lowest BCUT2D eigenvalue weighted by Crippen LogP contribution is -2.31. The summed E-state index contributed by atoms with van der Waals surface area (Å²) in [4.78, 5) is 6.87. The van der Waals surface area contributed by atoms with Crippen LogP contribution in [0.25, 0.3) is 0 Å². The second kappa shape index (κ2) is 9.69. The summed E-state index contributed by atoms with van der Waals surface area (Å²) in [6, 6.07) is 8.18. The standard InChI is InChI=1S/C20H29N3O3/c1-3-4-10-19-21-20(26-22-19)15-23(14-18-9-6-11-25-18)13-16-7-5-8-17(12-16)24-2/h5,7-8,12,18H,3-4,6,9-11,13-15H2,1-2H3. The molecule has 1 fully saturated rings. The van der Waals surface area contributed by atoms with Crippen molar-refractivity contribution in [3.8, 4) is 5.75 Å². The van der Waals surface area contributed by atoms with Gasteiger partial charge < -0.3 is 14.0 Å². The van der Waals surface area contributed by atoms with Crippen LogP contribution in [0.3, 0.4) is 0 Å². The summed E-state index contributed by atoms with van der Waals surface area (Å²) in [7, 11) is 1.69. The molecule has 1 aliphatic heterocycles. The molecule has 6 nitrogen and oxygen atoms in total. The number of hydrogen-bond donors (Lipinski definition) is 0. The van der Waals surface area contributed by atoms with Crippen LogP contribution >= 0.6 is 0 Å². The van der Waals surface area contributed by atoms with Crippen LogP contribution in [0, 0.1) is 0 Å². The molecule has 0 saturated carbocycles. The first kappa shape index (κ1) is 18.9. The highest BCUT2D eigenvalue weighted by Gasteiger charge is 2.21. The average molecular weight is 359 g/mol. The fourth-order valence-corrected chi connectivity index (χ4v) is 3.27. The molecule has 1 unspecified atom stereocenters. The maximum atomic E-state index is 5.83. The van der Waals surface area contributed by atoms with E-state index in [4.69, 9.17) is 14.0 Å². The molecule has 6 heteroatoms. The number of rotatable bonds is 10. The number of unbranched alkanes of at least 4 members (excludes halogenated alkanes) is 1. The van der Waals surface area contributed by atoms with E-state index in [-0.39, 0.29) is 6.10 Å². The molecule has 3 rings (SSSR count). The number of hydrogen-bond acceptors (Lipinski definition) is 6. The molecular formula is C20H29N3O3. The molecule has 2 heterocycles. The molecular weight excluding hydrogens is 330 g/mol. The molecule has 2 aromatic rings. The van der Waals surface area contributed by atoms with E-state index < -0.39 is 0 Å². The fourth-order valence-electron chi connectivity index (χ4n) is 3.27. The Labute approximate surface area is 155 Å². The lowest BCUT2D eigenvalue weighted by molar-refractivity contribution is 0.0640.